The third-order valence-corrected chi connectivity index (χ3v) is 5.02. The first-order chi connectivity index (χ1) is 12.8. The molecule has 0 bridgehead atoms. The van der Waals surface area contributed by atoms with Crippen molar-refractivity contribution in [2.24, 2.45) is 0 Å². The Kier molecular flexibility index (Phi) is 5.51. The SMILES string of the molecule is Cc1nnc2n1CC(C(=O)O)N(CCCOc1ccc(C(C)(C)C)cc1)C2. The molecule has 2 heterocycles. The summed E-state index contributed by atoms with van der Waals surface area (Å²) in [6, 6.07) is 7.61. The molecule has 1 aliphatic heterocycles. The van der Waals surface area contributed by atoms with Crippen LogP contribution in [-0.4, -0.2) is 49.9 Å². The number of carboxylic acids is 1. The van der Waals surface area contributed by atoms with Crippen molar-refractivity contribution in [3.8, 4) is 5.75 Å². The standard InChI is InChI=1S/C20H28N4O3/c1-14-21-22-18-13-23(17(19(25)26)12-24(14)18)10-5-11-27-16-8-6-15(7-9-16)20(2,3)4/h6-9,17H,5,10-13H2,1-4H3,(H,25,26). The molecule has 1 aliphatic rings. The molecule has 1 aromatic carbocycles. The molecule has 1 aromatic heterocycles. The Morgan fingerprint density at radius 2 is 1.96 bits per heavy atom. The summed E-state index contributed by atoms with van der Waals surface area (Å²) >= 11 is 0. The van der Waals surface area contributed by atoms with Crippen molar-refractivity contribution in [3.05, 3.63) is 41.5 Å². The number of benzene rings is 1. The second-order valence-electron chi connectivity index (χ2n) is 8.07. The van der Waals surface area contributed by atoms with Crippen LogP contribution >= 0.6 is 0 Å². The smallest absolute Gasteiger partial charge is 0.322 e. The fourth-order valence-electron chi connectivity index (χ4n) is 3.34. The number of aryl methyl sites for hydroxylation is 1. The Bertz CT molecular complexity index is 793. The van der Waals surface area contributed by atoms with Crippen molar-refractivity contribution < 1.29 is 14.6 Å². The molecule has 0 saturated carbocycles. The first kappa shape index (κ1) is 19.4. The van der Waals surface area contributed by atoms with Crippen LogP contribution in [0.5, 0.6) is 5.75 Å². The number of aliphatic carboxylic acids is 1. The lowest BCUT2D eigenvalue weighted by molar-refractivity contribution is -0.145. The van der Waals surface area contributed by atoms with E-state index in [1.165, 1.54) is 5.56 Å². The second kappa shape index (κ2) is 7.68. The summed E-state index contributed by atoms with van der Waals surface area (Å²) in [6.07, 6.45) is 0.748. The van der Waals surface area contributed by atoms with E-state index in [9.17, 15) is 9.90 Å². The van der Waals surface area contributed by atoms with Crippen molar-refractivity contribution in [1.82, 2.24) is 19.7 Å². The Morgan fingerprint density at radius 3 is 2.59 bits per heavy atom. The Hall–Kier alpha value is -2.41. The molecule has 3 rings (SSSR count). The number of fused-ring (bicyclic) bond motifs is 1. The van der Waals surface area contributed by atoms with Gasteiger partial charge in [0, 0.05) is 6.54 Å². The highest BCUT2D eigenvalue weighted by molar-refractivity contribution is 5.73. The van der Waals surface area contributed by atoms with Gasteiger partial charge in [0.05, 0.1) is 19.7 Å². The van der Waals surface area contributed by atoms with Gasteiger partial charge >= 0.3 is 5.97 Å². The van der Waals surface area contributed by atoms with Crippen LogP contribution in [0.15, 0.2) is 24.3 Å². The molecule has 0 aliphatic carbocycles. The van der Waals surface area contributed by atoms with Gasteiger partial charge < -0.3 is 14.4 Å². The average Bonchev–Trinajstić information content (AvgIpc) is 2.98. The van der Waals surface area contributed by atoms with Gasteiger partial charge in [-0.3, -0.25) is 9.69 Å². The Morgan fingerprint density at radius 1 is 1.26 bits per heavy atom. The minimum atomic E-state index is -0.813. The summed E-state index contributed by atoms with van der Waals surface area (Å²) in [5.74, 6) is 1.61. The largest absolute Gasteiger partial charge is 0.494 e. The van der Waals surface area contributed by atoms with Gasteiger partial charge in [-0.1, -0.05) is 32.9 Å². The van der Waals surface area contributed by atoms with E-state index in [0.29, 0.717) is 26.2 Å². The highest BCUT2D eigenvalue weighted by Crippen LogP contribution is 2.24. The summed E-state index contributed by atoms with van der Waals surface area (Å²) < 4.78 is 7.72. The van der Waals surface area contributed by atoms with Crippen LogP contribution in [0.3, 0.4) is 0 Å². The molecule has 2 aromatic rings. The predicted molar refractivity (Wildman–Crippen MR) is 102 cm³/mol. The van der Waals surface area contributed by atoms with Crippen LogP contribution in [0, 0.1) is 6.92 Å². The number of aromatic nitrogens is 3. The van der Waals surface area contributed by atoms with E-state index >= 15 is 0 Å². The van der Waals surface area contributed by atoms with E-state index in [4.69, 9.17) is 4.74 Å². The summed E-state index contributed by atoms with van der Waals surface area (Å²) in [5.41, 5.74) is 1.39. The van der Waals surface area contributed by atoms with Gasteiger partial charge in [-0.2, -0.15) is 0 Å². The lowest BCUT2D eigenvalue weighted by Gasteiger charge is -2.33. The summed E-state index contributed by atoms with van der Waals surface area (Å²) in [7, 11) is 0. The fraction of sp³-hybridized carbons (Fsp3) is 0.550. The number of carbonyl (C=O) groups is 1. The maximum absolute atomic E-state index is 11.6. The van der Waals surface area contributed by atoms with Crippen LogP contribution in [0.4, 0.5) is 0 Å². The van der Waals surface area contributed by atoms with Crippen molar-refractivity contribution in [2.45, 2.75) is 58.7 Å². The highest BCUT2D eigenvalue weighted by atomic mass is 16.5. The topological polar surface area (TPSA) is 80.5 Å². The van der Waals surface area contributed by atoms with E-state index in [1.54, 1.807) is 0 Å². The third kappa shape index (κ3) is 4.47. The first-order valence-corrected chi connectivity index (χ1v) is 9.34. The molecule has 7 nitrogen and oxygen atoms in total. The van der Waals surface area contributed by atoms with Crippen LogP contribution in [0.1, 0.15) is 44.4 Å². The number of rotatable bonds is 6. The van der Waals surface area contributed by atoms with Gasteiger partial charge in [-0.05, 0) is 36.5 Å². The van der Waals surface area contributed by atoms with Crippen molar-refractivity contribution >= 4 is 5.97 Å². The first-order valence-electron chi connectivity index (χ1n) is 9.34. The summed E-state index contributed by atoms with van der Waals surface area (Å²) in [6.45, 7) is 10.5. The number of ether oxygens (including phenoxy) is 1. The zero-order valence-electron chi connectivity index (χ0n) is 16.5. The minimum Gasteiger partial charge on any atom is -0.494 e. The normalized spacial score (nSPS) is 17.6. The van der Waals surface area contributed by atoms with E-state index in [0.717, 1.165) is 23.8 Å². The van der Waals surface area contributed by atoms with Gasteiger partial charge in [0.1, 0.15) is 23.4 Å². The number of hydrogen-bond donors (Lipinski definition) is 1. The molecule has 27 heavy (non-hydrogen) atoms. The quantitative estimate of drug-likeness (QED) is 0.785. The van der Waals surface area contributed by atoms with Crippen molar-refractivity contribution in [1.29, 1.82) is 0 Å². The molecule has 0 radical (unpaired) electrons. The van der Waals surface area contributed by atoms with Gasteiger partial charge in [0.25, 0.3) is 0 Å². The molecule has 0 spiro atoms. The molecular formula is C20H28N4O3. The second-order valence-corrected chi connectivity index (χ2v) is 8.07. The number of nitrogens with zero attached hydrogens (tertiary/aromatic N) is 4. The molecule has 1 N–H and O–H groups in total. The van der Waals surface area contributed by atoms with Crippen LogP contribution < -0.4 is 4.74 Å². The zero-order valence-corrected chi connectivity index (χ0v) is 16.5. The Balaban J connectivity index is 1.53. The molecular weight excluding hydrogens is 344 g/mol. The molecule has 1 unspecified atom stereocenters. The fourth-order valence-corrected chi connectivity index (χ4v) is 3.34. The Labute approximate surface area is 160 Å². The zero-order chi connectivity index (χ0) is 19.6. The number of carboxylic acid groups (broad SMARTS) is 1. The minimum absolute atomic E-state index is 0.123. The monoisotopic (exact) mass is 372 g/mol. The van der Waals surface area contributed by atoms with E-state index < -0.39 is 12.0 Å². The van der Waals surface area contributed by atoms with Gasteiger partial charge in [0.15, 0.2) is 0 Å². The highest BCUT2D eigenvalue weighted by Gasteiger charge is 2.32. The lowest BCUT2D eigenvalue weighted by atomic mass is 9.87. The van der Waals surface area contributed by atoms with E-state index in [1.807, 2.05) is 28.5 Å². The van der Waals surface area contributed by atoms with Crippen LogP contribution in [0.25, 0.3) is 0 Å². The van der Waals surface area contributed by atoms with Gasteiger partial charge in [-0.25, -0.2) is 0 Å². The maximum atomic E-state index is 11.6. The summed E-state index contributed by atoms with van der Waals surface area (Å²) in [4.78, 5) is 13.6. The molecule has 146 valence electrons. The van der Waals surface area contributed by atoms with Crippen molar-refractivity contribution in [2.75, 3.05) is 13.2 Å². The average molecular weight is 372 g/mol. The third-order valence-electron chi connectivity index (χ3n) is 5.02. The molecule has 0 saturated heterocycles. The summed E-state index contributed by atoms with van der Waals surface area (Å²) in [5, 5.41) is 17.8. The van der Waals surface area contributed by atoms with Gasteiger partial charge in [0.2, 0.25) is 0 Å². The molecule has 0 amide bonds. The van der Waals surface area contributed by atoms with Crippen LogP contribution in [-0.2, 0) is 23.3 Å². The van der Waals surface area contributed by atoms with E-state index in [2.05, 4.69) is 43.1 Å². The van der Waals surface area contributed by atoms with Gasteiger partial charge in [-0.15, -0.1) is 10.2 Å². The predicted octanol–water partition coefficient (Wildman–Crippen LogP) is 2.62. The molecule has 1 atom stereocenters. The van der Waals surface area contributed by atoms with Crippen LogP contribution in [0.2, 0.25) is 0 Å². The van der Waals surface area contributed by atoms with Crippen molar-refractivity contribution in [3.63, 3.8) is 0 Å². The lowest BCUT2D eigenvalue weighted by Crippen LogP contribution is -2.48. The molecule has 0 fully saturated rings. The van der Waals surface area contributed by atoms with E-state index in [-0.39, 0.29) is 5.41 Å². The number of hydrogen-bond acceptors (Lipinski definition) is 5. The molecule has 7 heteroatoms. The maximum Gasteiger partial charge on any atom is 0.322 e.